The highest BCUT2D eigenvalue weighted by atomic mass is 32.1. The lowest BCUT2D eigenvalue weighted by molar-refractivity contribution is -0.116. The third-order valence-corrected chi connectivity index (χ3v) is 4.38. The van der Waals surface area contributed by atoms with E-state index in [1.54, 1.807) is 30.8 Å². The van der Waals surface area contributed by atoms with Crippen LogP contribution >= 0.6 is 11.3 Å². The molecule has 2 aromatic carbocycles. The molecule has 0 aliphatic heterocycles. The number of carbonyl (C=O) groups excluding carboxylic acids is 1. The summed E-state index contributed by atoms with van der Waals surface area (Å²) in [4.78, 5) is 16.5. The van der Waals surface area contributed by atoms with E-state index < -0.39 is 0 Å². The molecule has 0 unspecified atom stereocenters. The fourth-order valence-corrected chi connectivity index (χ4v) is 3.11. The van der Waals surface area contributed by atoms with E-state index in [-0.39, 0.29) is 11.7 Å². The first-order chi connectivity index (χ1) is 12.6. The first-order valence-corrected chi connectivity index (χ1v) is 8.65. The Hall–Kier alpha value is -3.06. The molecule has 0 bridgehead atoms. The van der Waals surface area contributed by atoms with Gasteiger partial charge in [-0.1, -0.05) is 12.1 Å². The van der Waals surface area contributed by atoms with Crippen LogP contribution in [0.4, 0.5) is 9.52 Å². The second kappa shape index (κ2) is 7.88. The van der Waals surface area contributed by atoms with E-state index in [1.807, 2.05) is 24.3 Å². The van der Waals surface area contributed by atoms with Gasteiger partial charge in [0.25, 0.3) is 0 Å². The van der Waals surface area contributed by atoms with Gasteiger partial charge in [0, 0.05) is 23.4 Å². The van der Waals surface area contributed by atoms with Crippen LogP contribution in [0.15, 0.2) is 59.0 Å². The van der Waals surface area contributed by atoms with Crippen LogP contribution in [0.2, 0.25) is 0 Å². The number of amides is 1. The minimum atomic E-state index is -0.309. The topological polar surface area (TPSA) is 54.8 Å². The van der Waals surface area contributed by atoms with Crippen LogP contribution in [0.1, 0.15) is 12.5 Å². The summed E-state index contributed by atoms with van der Waals surface area (Å²) in [6.07, 6.45) is 1.55. The first-order valence-electron chi connectivity index (χ1n) is 7.77. The number of halogens is 1. The van der Waals surface area contributed by atoms with Crippen LogP contribution in [-0.4, -0.2) is 24.2 Å². The molecule has 0 aliphatic carbocycles. The maximum atomic E-state index is 13.1. The number of hydrazone groups is 1. The van der Waals surface area contributed by atoms with E-state index in [1.165, 1.54) is 35.4 Å². The summed E-state index contributed by atoms with van der Waals surface area (Å²) in [5.74, 6) is 0.0815. The highest BCUT2D eigenvalue weighted by molar-refractivity contribution is 7.14. The molecule has 26 heavy (non-hydrogen) atoms. The van der Waals surface area contributed by atoms with Crippen molar-refractivity contribution in [3.63, 3.8) is 0 Å². The highest BCUT2D eigenvalue weighted by Crippen LogP contribution is 2.28. The average molecular weight is 369 g/mol. The van der Waals surface area contributed by atoms with Gasteiger partial charge in [0.1, 0.15) is 11.6 Å². The van der Waals surface area contributed by atoms with Crippen LogP contribution in [0.5, 0.6) is 5.75 Å². The normalized spacial score (nSPS) is 10.9. The summed E-state index contributed by atoms with van der Waals surface area (Å²) >= 11 is 1.29. The number of aromatic nitrogens is 1. The summed E-state index contributed by atoms with van der Waals surface area (Å²) in [6.45, 7) is 1.42. The van der Waals surface area contributed by atoms with E-state index in [4.69, 9.17) is 4.74 Å². The molecule has 0 aliphatic rings. The van der Waals surface area contributed by atoms with Crippen molar-refractivity contribution >= 4 is 28.6 Å². The molecule has 1 amide bonds. The predicted octanol–water partition coefficient (Wildman–Crippen LogP) is 4.34. The fraction of sp³-hybridized carbons (Fsp3) is 0.105. The summed E-state index contributed by atoms with van der Waals surface area (Å²) in [5, 5.41) is 7.72. The van der Waals surface area contributed by atoms with Gasteiger partial charge in [0.15, 0.2) is 0 Å². The van der Waals surface area contributed by atoms with E-state index in [0.29, 0.717) is 16.6 Å². The first kappa shape index (κ1) is 17.8. The largest absolute Gasteiger partial charge is 0.496 e. The van der Waals surface area contributed by atoms with Crippen LogP contribution in [-0.2, 0) is 4.79 Å². The third-order valence-electron chi connectivity index (χ3n) is 3.56. The van der Waals surface area contributed by atoms with Crippen LogP contribution in [0, 0.1) is 5.82 Å². The van der Waals surface area contributed by atoms with Gasteiger partial charge in [-0.3, -0.25) is 4.79 Å². The van der Waals surface area contributed by atoms with E-state index >= 15 is 0 Å². The number of rotatable bonds is 5. The molecule has 0 saturated carbocycles. The predicted molar refractivity (Wildman–Crippen MR) is 101 cm³/mol. The van der Waals surface area contributed by atoms with Crippen molar-refractivity contribution in [3.8, 4) is 17.0 Å². The SMILES string of the molecule is COc1ccccc1/C=N\N(C(C)=O)c1nc(-c2ccc(F)cc2)cs1. The number of thiazole rings is 1. The Morgan fingerprint density at radius 3 is 2.65 bits per heavy atom. The molecule has 3 aromatic rings. The summed E-state index contributed by atoms with van der Waals surface area (Å²) in [5.41, 5.74) is 2.17. The number of carbonyl (C=O) groups is 1. The van der Waals surface area contributed by atoms with Gasteiger partial charge >= 0.3 is 0 Å². The van der Waals surface area contributed by atoms with Crippen molar-refractivity contribution in [1.29, 1.82) is 0 Å². The van der Waals surface area contributed by atoms with Crippen molar-refractivity contribution in [3.05, 3.63) is 65.3 Å². The molecule has 5 nitrogen and oxygen atoms in total. The Balaban J connectivity index is 1.88. The Morgan fingerprint density at radius 1 is 1.23 bits per heavy atom. The maximum absolute atomic E-state index is 13.1. The molecule has 7 heteroatoms. The molecule has 0 N–H and O–H groups in total. The summed E-state index contributed by atoms with van der Waals surface area (Å²) in [6, 6.07) is 13.4. The number of para-hydroxylation sites is 1. The zero-order valence-corrected chi connectivity index (χ0v) is 15.0. The van der Waals surface area contributed by atoms with Crippen LogP contribution < -0.4 is 9.75 Å². The number of benzene rings is 2. The number of anilines is 1. The van der Waals surface area contributed by atoms with Gasteiger partial charge in [-0.05, 0) is 36.4 Å². The number of hydrogen-bond donors (Lipinski definition) is 0. The lowest BCUT2D eigenvalue weighted by Gasteiger charge is -2.11. The highest BCUT2D eigenvalue weighted by Gasteiger charge is 2.15. The van der Waals surface area contributed by atoms with Gasteiger partial charge in [0.2, 0.25) is 11.0 Å². The number of nitrogens with zero attached hydrogens (tertiary/aromatic N) is 3. The van der Waals surface area contributed by atoms with Crippen molar-refractivity contribution in [2.45, 2.75) is 6.92 Å². The standard InChI is InChI=1S/C19H16FN3O2S/c1-13(24)23(21-11-15-5-3-4-6-18(15)25-2)19-22-17(12-26-19)14-7-9-16(20)10-8-14/h3-12H,1-2H3/b21-11-. The lowest BCUT2D eigenvalue weighted by atomic mass is 10.2. The number of methoxy groups -OCH3 is 1. The van der Waals surface area contributed by atoms with Crippen LogP contribution in [0.25, 0.3) is 11.3 Å². The molecule has 0 fully saturated rings. The third kappa shape index (κ3) is 3.94. The second-order valence-electron chi connectivity index (χ2n) is 5.34. The second-order valence-corrected chi connectivity index (χ2v) is 6.18. The molecule has 0 atom stereocenters. The summed E-state index contributed by atoms with van der Waals surface area (Å²) in [7, 11) is 1.57. The monoisotopic (exact) mass is 369 g/mol. The smallest absolute Gasteiger partial charge is 0.246 e. The van der Waals surface area contributed by atoms with Gasteiger partial charge < -0.3 is 4.74 Å². The van der Waals surface area contributed by atoms with Gasteiger partial charge in [-0.25, -0.2) is 9.37 Å². The average Bonchev–Trinajstić information content (AvgIpc) is 3.12. The molecule has 1 aromatic heterocycles. The molecule has 0 radical (unpaired) electrons. The number of ether oxygens (including phenoxy) is 1. The molecular weight excluding hydrogens is 353 g/mol. The van der Waals surface area contributed by atoms with Gasteiger partial charge in [-0.15, -0.1) is 11.3 Å². The van der Waals surface area contributed by atoms with Crippen molar-refractivity contribution in [2.24, 2.45) is 5.10 Å². The van der Waals surface area contributed by atoms with E-state index in [2.05, 4.69) is 10.1 Å². The quantitative estimate of drug-likeness (QED) is 0.496. The fourth-order valence-electron chi connectivity index (χ4n) is 2.27. The lowest BCUT2D eigenvalue weighted by Crippen LogP contribution is -2.22. The summed E-state index contributed by atoms with van der Waals surface area (Å²) < 4.78 is 18.3. The minimum Gasteiger partial charge on any atom is -0.496 e. The Labute approximate surface area is 154 Å². The van der Waals surface area contributed by atoms with Crippen molar-refractivity contribution < 1.29 is 13.9 Å². The molecule has 3 rings (SSSR count). The minimum absolute atomic E-state index is 0.267. The molecule has 0 saturated heterocycles. The molecule has 0 spiro atoms. The molecule has 132 valence electrons. The Morgan fingerprint density at radius 2 is 1.96 bits per heavy atom. The zero-order valence-electron chi connectivity index (χ0n) is 14.2. The van der Waals surface area contributed by atoms with E-state index in [9.17, 15) is 9.18 Å². The van der Waals surface area contributed by atoms with Crippen molar-refractivity contribution in [1.82, 2.24) is 4.98 Å². The molecular formula is C19H16FN3O2S. The van der Waals surface area contributed by atoms with Gasteiger partial charge in [-0.2, -0.15) is 10.1 Å². The maximum Gasteiger partial charge on any atom is 0.246 e. The zero-order chi connectivity index (χ0) is 18.5. The Bertz CT molecular complexity index is 938. The number of hydrogen-bond acceptors (Lipinski definition) is 5. The Kier molecular flexibility index (Phi) is 5.38. The molecule has 1 heterocycles. The van der Waals surface area contributed by atoms with Gasteiger partial charge in [0.05, 0.1) is 19.0 Å². The van der Waals surface area contributed by atoms with E-state index in [0.717, 1.165) is 11.1 Å². The van der Waals surface area contributed by atoms with Crippen LogP contribution in [0.3, 0.4) is 0 Å². The van der Waals surface area contributed by atoms with Crippen molar-refractivity contribution in [2.75, 3.05) is 12.1 Å².